The smallest absolute Gasteiger partial charge is 0.270 e. The molecule has 3 aromatic carbocycles. The molecule has 51 heavy (non-hydrogen) atoms. The first kappa shape index (κ1) is 37.3. The average molecular weight is 720 g/mol. The Morgan fingerprint density at radius 3 is 2.33 bits per heavy atom. The molecule has 0 aliphatic carbocycles. The number of aliphatic hydroxyl groups is 1. The zero-order chi connectivity index (χ0) is 36.4. The Labute approximate surface area is 295 Å². The number of nitrogens with one attached hydrogen (secondary N) is 2. The van der Waals surface area contributed by atoms with E-state index >= 15 is 0 Å². The second-order valence-corrected chi connectivity index (χ2v) is 13.9. The van der Waals surface area contributed by atoms with Crippen molar-refractivity contribution in [1.29, 1.82) is 0 Å². The predicted octanol–water partition coefficient (Wildman–Crippen LogP) is 2.11. The molecule has 4 aromatic rings. The fraction of sp³-hybridized carbons (Fsp3) is 0.333. The van der Waals surface area contributed by atoms with E-state index in [1.54, 1.807) is 48.5 Å². The highest BCUT2D eigenvalue weighted by atomic mass is 32.2. The van der Waals surface area contributed by atoms with Crippen LogP contribution in [-0.4, -0.2) is 91.9 Å². The molecule has 270 valence electrons. The molecule has 0 spiro atoms. The lowest BCUT2D eigenvalue weighted by atomic mass is 10.00. The molecule has 14 nitrogen and oxygen atoms in total. The SMILES string of the molecule is COc1ccc(S(=O)(=O)N(CC(O)C(Cc2ccccc2)NC(=O)[C@H](CC(N)=O)NC(=O)c2ccc3ccccc3n2)OC2CCOCC2)cc1. The molecule has 3 amide bonds. The number of benzene rings is 3. The summed E-state index contributed by atoms with van der Waals surface area (Å²) in [5.41, 5.74) is 6.76. The second kappa shape index (κ2) is 17.3. The topological polar surface area (TPSA) is 199 Å². The quantitative estimate of drug-likeness (QED) is 0.124. The van der Waals surface area contributed by atoms with Gasteiger partial charge in [-0.2, -0.15) is 0 Å². The minimum absolute atomic E-state index is 0.0153. The molecular formula is C36H41N5O9S. The summed E-state index contributed by atoms with van der Waals surface area (Å²) < 4.78 is 39.2. The van der Waals surface area contributed by atoms with Gasteiger partial charge in [-0.1, -0.05) is 59.1 Å². The summed E-state index contributed by atoms with van der Waals surface area (Å²) in [6.07, 6.45) is -1.69. The number of nitrogens with two attached hydrogens (primary N) is 1. The van der Waals surface area contributed by atoms with Crippen LogP contribution in [0.5, 0.6) is 5.75 Å². The van der Waals surface area contributed by atoms with E-state index in [1.165, 1.54) is 37.4 Å². The van der Waals surface area contributed by atoms with E-state index in [9.17, 15) is 27.9 Å². The van der Waals surface area contributed by atoms with Gasteiger partial charge in [0.05, 0.1) is 48.7 Å². The molecule has 5 rings (SSSR count). The van der Waals surface area contributed by atoms with Crippen molar-refractivity contribution < 1.29 is 42.2 Å². The van der Waals surface area contributed by atoms with Gasteiger partial charge in [-0.3, -0.25) is 19.2 Å². The first-order chi connectivity index (χ1) is 24.5. The Kier molecular flexibility index (Phi) is 12.7. The third kappa shape index (κ3) is 10.1. The zero-order valence-corrected chi connectivity index (χ0v) is 28.8. The summed E-state index contributed by atoms with van der Waals surface area (Å²) >= 11 is 0. The molecule has 0 radical (unpaired) electrons. The number of aromatic nitrogens is 1. The number of nitrogens with zero attached hydrogens (tertiary/aromatic N) is 2. The first-order valence-corrected chi connectivity index (χ1v) is 17.9. The number of carbonyl (C=O) groups is 3. The van der Waals surface area contributed by atoms with Crippen LogP contribution in [0.3, 0.4) is 0 Å². The average Bonchev–Trinajstić information content (AvgIpc) is 3.14. The number of ether oxygens (including phenoxy) is 2. The highest BCUT2D eigenvalue weighted by Crippen LogP contribution is 2.24. The Morgan fingerprint density at radius 2 is 1.65 bits per heavy atom. The van der Waals surface area contributed by atoms with Crippen LogP contribution in [0.1, 0.15) is 35.3 Å². The van der Waals surface area contributed by atoms with Gasteiger partial charge in [-0.25, -0.2) is 13.4 Å². The molecule has 15 heteroatoms. The number of amides is 3. The molecule has 2 unspecified atom stereocenters. The fourth-order valence-electron chi connectivity index (χ4n) is 5.56. The van der Waals surface area contributed by atoms with Crippen molar-refractivity contribution in [3.8, 4) is 5.75 Å². The maximum atomic E-state index is 13.9. The molecule has 0 bridgehead atoms. The normalized spacial score (nSPS) is 15.5. The fourth-order valence-corrected chi connectivity index (χ4v) is 6.86. The summed E-state index contributed by atoms with van der Waals surface area (Å²) in [7, 11) is -2.87. The maximum Gasteiger partial charge on any atom is 0.270 e. The molecule has 3 atom stereocenters. The van der Waals surface area contributed by atoms with E-state index < -0.39 is 65.0 Å². The lowest BCUT2D eigenvalue weighted by Gasteiger charge is -2.33. The maximum absolute atomic E-state index is 13.9. The van der Waals surface area contributed by atoms with Crippen LogP contribution in [0.4, 0.5) is 0 Å². The minimum Gasteiger partial charge on any atom is -0.497 e. The van der Waals surface area contributed by atoms with Crippen LogP contribution < -0.4 is 21.1 Å². The standard InChI is InChI=1S/C36H41N5O9S/c1-48-26-12-14-28(15-13-26)51(46,47)41(50-27-17-19-49-20-18-27)23-33(42)31(21-24-7-3-2-4-8-24)39-36(45)32(22-34(37)43)40-35(44)30-16-11-25-9-5-6-10-29(25)38-30/h2-16,27,31-33,42H,17-23H2,1H3,(H2,37,43)(H,39,45)(H,40,44)/t31?,32-,33?/m0/s1. The van der Waals surface area contributed by atoms with Gasteiger partial charge in [0.2, 0.25) is 11.8 Å². The molecule has 1 aliphatic rings. The van der Waals surface area contributed by atoms with Gasteiger partial charge in [0.15, 0.2) is 0 Å². The third-order valence-electron chi connectivity index (χ3n) is 8.35. The second-order valence-electron chi connectivity index (χ2n) is 12.0. The number of aliphatic hydroxyl groups excluding tert-OH is 1. The number of carbonyl (C=O) groups excluding carboxylic acids is 3. The number of sulfonamides is 1. The third-order valence-corrected chi connectivity index (χ3v) is 9.98. The summed E-state index contributed by atoms with van der Waals surface area (Å²) in [4.78, 5) is 49.4. The van der Waals surface area contributed by atoms with Gasteiger partial charge in [0.1, 0.15) is 17.5 Å². The number of rotatable bonds is 16. The Bertz CT molecular complexity index is 1910. The number of hydrogen-bond donors (Lipinski definition) is 4. The first-order valence-electron chi connectivity index (χ1n) is 16.4. The molecule has 5 N–H and O–H groups in total. The van der Waals surface area contributed by atoms with Crippen molar-refractivity contribution in [1.82, 2.24) is 20.1 Å². The van der Waals surface area contributed by atoms with E-state index in [0.29, 0.717) is 42.9 Å². The van der Waals surface area contributed by atoms with Gasteiger partial charge >= 0.3 is 0 Å². The van der Waals surface area contributed by atoms with Crippen LogP contribution in [0.25, 0.3) is 10.9 Å². The number of hydrogen-bond acceptors (Lipinski definition) is 10. The molecule has 0 saturated carbocycles. The van der Waals surface area contributed by atoms with E-state index in [0.717, 1.165) is 9.85 Å². The number of methoxy groups -OCH3 is 1. The zero-order valence-electron chi connectivity index (χ0n) is 28.0. The van der Waals surface area contributed by atoms with E-state index in [-0.39, 0.29) is 17.0 Å². The Morgan fingerprint density at radius 1 is 0.961 bits per heavy atom. The number of fused-ring (bicyclic) bond motifs is 1. The van der Waals surface area contributed by atoms with Gasteiger partial charge in [0.25, 0.3) is 15.9 Å². The van der Waals surface area contributed by atoms with Gasteiger partial charge in [-0.15, -0.1) is 0 Å². The van der Waals surface area contributed by atoms with Gasteiger partial charge in [0, 0.05) is 18.6 Å². The van der Waals surface area contributed by atoms with E-state index in [4.69, 9.17) is 20.0 Å². The van der Waals surface area contributed by atoms with Gasteiger partial charge < -0.3 is 30.9 Å². The number of hydroxylamine groups is 1. The van der Waals surface area contributed by atoms with Crippen molar-refractivity contribution in [2.75, 3.05) is 26.9 Å². The van der Waals surface area contributed by atoms with Crippen LogP contribution >= 0.6 is 0 Å². The molecular weight excluding hydrogens is 678 g/mol. The lowest BCUT2D eigenvalue weighted by molar-refractivity contribution is -0.170. The summed E-state index contributed by atoms with van der Waals surface area (Å²) in [5, 5.41) is 17.8. The van der Waals surface area contributed by atoms with Crippen LogP contribution in [0.15, 0.2) is 95.9 Å². The molecule has 1 aromatic heterocycles. The molecule has 1 aliphatic heterocycles. The van der Waals surface area contributed by atoms with Crippen LogP contribution in [0, 0.1) is 0 Å². The predicted molar refractivity (Wildman–Crippen MR) is 187 cm³/mol. The summed E-state index contributed by atoms with van der Waals surface area (Å²) in [6, 6.07) is 22.5. The van der Waals surface area contributed by atoms with Crippen molar-refractivity contribution in [2.24, 2.45) is 5.73 Å². The largest absolute Gasteiger partial charge is 0.497 e. The Hall–Kier alpha value is -4.93. The van der Waals surface area contributed by atoms with Crippen LogP contribution in [0.2, 0.25) is 0 Å². The number of pyridine rings is 1. The monoisotopic (exact) mass is 719 g/mol. The van der Waals surface area contributed by atoms with E-state index in [1.807, 2.05) is 12.1 Å². The Balaban J connectivity index is 1.40. The lowest BCUT2D eigenvalue weighted by Crippen LogP contribution is -2.56. The highest BCUT2D eigenvalue weighted by molar-refractivity contribution is 7.89. The molecule has 1 fully saturated rings. The van der Waals surface area contributed by atoms with Crippen molar-refractivity contribution in [2.45, 2.75) is 54.9 Å². The van der Waals surface area contributed by atoms with Crippen molar-refractivity contribution in [3.63, 3.8) is 0 Å². The number of para-hydroxylation sites is 1. The van der Waals surface area contributed by atoms with Crippen LogP contribution in [-0.2, 0) is 35.6 Å². The molecule has 1 saturated heterocycles. The number of primary amides is 1. The summed E-state index contributed by atoms with van der Waals surface area (Å²) in [5.74, 6) is -1.95. The minimum atomic E-state index is -4.33. The van der Waals surface area contributed by atoms with Crippen molar-refractivity contribution in [3.05, 3.63) is 102 Å². The van der Waals surface area contributed by atoms with Crippen molar-refractivity contribution >= 4 is 38.6 Å². The summed E-state index contributed by atoms with van der Waals surface area (Å²) in [6.45, 7) is 0.174. The highest BCUT2D eigenvalue weighted by Gasteiger charge is 2.35. The van der Waals surface area contributed by atoms with E-state index in [2.05, 4.69) is 15.6 Å². The molecule has 2 heterocycles. The van der Waals surface area contributed by atoms with Gasteiger partial charge in [-0.05, 0) is 61.2 Å².